The number of hydrogen-bond donors (Lipinski definition) is 8. The maximum Gasteiger partial charge on any atom is 0.519 e. The Bertz CT molecular complexity index is 5050. The molecule has 0 saturated carbocycles. The first kappa shape index (κ1) is 122. The van der Waals surface area contributed by atoms with Crippen LogP contribution in [0.1, 0.15) is 165 Å². The van der Waals surface area contributed by atoms with Crippen molar-refractivity contribution in [3.05, 3.63) is 230 Å². The number of carboxylic acid groups (broad SMARTS) is 3. The van der Waals surface area contributed by atoms with Gasteiger partial charge in [0, 0.05) is 47.0 Å². The summed E-state index contributed by atoms with van der Waals surface area (Å²) < 4.78 is 111. The Morgan fingerprint density at radius 2 is 0.586 bits per heavy atom. The third-order valence-electron chi connectivity index (χ3n) is 15.0. The van der Waals surface area contributed by atoms with Crippen LogP contribution in [0.5, 0.6) is 0 Å². The minimum absolute atomic E-state index is 0. The molecule has 0 bridgehead atoms. The predicted octanol–water partition coefficient (Wildman–Crippen LogP) is 16.2. The highest BCUT2D eigenvalue weighted by atomic mass is 79.9. The number of carbonyl (C=O) groups is 10. The number of carboxylic acids is 3. The molecule has 5 atom stereocenters. The lowest BCUT2D eigenvalue weighted by Crippen LogP contribution is -2.45. The highest BCUT2D eigenvalue weighted by Gasteiger charge is 2.30. The fraction of sp³-hybridized carbons (Fsp3) is 0.422. The van der Waals surface area contributed by atoms with E-state index in [0.29, 0.717) is 23.1 Å². The van der Waals surface area contributed by atoms with Crippen LogP contribution in [0.4, 0.5) is 24.0 Å². The monoisotopic (exact) mass is 2000 g/mol. The minimum Gasteiger partial charge on any atom is -0.480 e. The van der Waals surface area contributed by atoms with Gasteiger partial charge >= 0.3 is 60.4 Å². The van der Waals surface area contributed by atoms with Crippen LogP contribution in [0, 0.1) is 0 Å². The lowest BCUT2D eigenvalue weighted by atomic mass is 10.1. The van der Waals surface area contributed by atoms with Crippen molar-refractivity contribution in [2.45, 2.75) is 244 Å². The summed E-state index contributed by atoms with van der Waals surface area (Å²) in [7, 11) is -10.1. The average Bonchev–Trinajstić information content (AvgIpc) is 0.862. The van der Waals surface area contributed by atoms with E-state index in [1.54, 1.807) is 140 Å². The maximum absolute atomic E-state index is 12.7. The van der Waals surface area contributed by atoms with Crippen LogP contribution in [0.3, 0.4) is 0 Å². The van der Waals surface area contributed by atoms with Crippen molar-refractivity contribution in [2.24, 2.45) is 11.5 Å². The Kier molecular flexibility index (Phi) is 53.2. The SMILES string of the molecule is C.C.C.CC(C)(C)OC(=O)N[C@@H](Cc1cccc(Br)c1)C(=O)O.CC(C)(C)OC(=O)N[C@@H](Cc1cccc(S(C)(=O)=O)c1)C(=O)O.CC(C)(C)OC(=O)N[C@@H](Cc1cccc(S(C)(=O)=O)c1)C(=O)OCc1ccccc1.CC(C)(C)OC(=O)OC(=O)OC(C)(C)C.CS(=O)(=O)c1cccc(C[C@H](N)C(=O)OCc2ccccc2)c1.Cl.N[C@@H](Cc1cccc(Br)c1)C(=O)O. The van der Waals surface area contributed by atoms with E-state index in [4.69, 9.17) is 54.8 Å². The maximum atomic E-state index is 12.7. The quantitative estimate of drug-likeness (QED) is 0.0150. The van der Waals surface area contributed by atoms with Gasteiger partial charge in [0.2, 0.25) is 0 Å². The number of hydrogen-bond acceptors (Lipinski definition) is 26. The predicted molar refractivity (Wildman–Crippen MR) is 497 cm³/mol. The first-order chi connectivity index (χ1) is 56.9. The van der Waals surface area contributed by atoms with E-state index in [2.05, 4.69) is 52.5 Å². The van der Waals surface area contributed by atoms with Crippen molar-refractivity contribution in [1.82, 2.24) is 16.0 Å². The van der Waals surface area contributed by atoms with Gasteiger partial charge in [-0.15, -0.1) is 12.4 Å². The van der Waals surface area contributed by atoms with Gasteiger partial charge in [-0.3, -0.25) is 9.59 Å². The van der Waals surface area contributed by atoms with Crippen molar-refractivity contribution in [3.63, 3.8) is 0 Å². The van der Waals surface area contributed by atoms with Crippen LogP contribution in [0.25, 0.3) is 0 Å². The van der Waals surface area contributed by atoms with Gasteiger partial charge in [-0.2, -0.15) is 0 Å². The summed E-state index contributed by atoms with van der Waals surface area (Å²) in [5.74, 6) is -4.47. The normalized spacial score (nSPS) is 12.2. The first-order valence-corrected chi connectivity index (χ1v) is 45.3. The Morgan fingerprint density at radius 1 is 0.336 bits per heavy atom. The second-order valence-electron chi connectivity index (χ2n) is 32.6. The van der Waals surface area contributed by atoms with E-state index in [-0.39, 0.29) is 88.3 Å². The van der Waals surface area contributed by atoms with Gasteiger partial charge < -0.3 is 80.6 Å². The molecule has 7 aromatic rings. The summed E-state index contributed by atoms with van der Waals surface area (Å²) in [5.41, 5.74) is 12.8. The first-order valence-electron chi connectivity index (χ1n) is 38.0. The Balaban J connectivity index is -0.00000148. The molecule has 0 aliphatic heterocycles. The van der Waals surface area contributed by atoms with Crippen LogP contribution in [0.2, 0.25) is 0 Å². The van der Waals surface area contributed by atoms with Gasteiger partial charge in [-0.05, 0) is 216 Å². The zero-order valence-corrected chi connectivity index (χ0v) is 79.3. The molecule has 0 spiro atoms. The van der Waals surface area contributed by atoms with Crippen molar-refractivity contribution >= 4 is 134 Å². The van der Waals surface area contributed by atoms with Gasteiger partial charge in [-0.1, -0.05) is 175 Å². The number of carbonyl (C=O) groups excluding carboxylic acids is 7. The van der Waals surface area contributed by atoms with Gasteiger partial charge in [0.25, 0.3) is 0 Å². The molecule has 10 N–H and O–H groups in total. The van der Waals surface area contributed by atoms with E-state index < -0.39 is 148 Å². The van der Waals surface area contributed by atoms with E-state index in [1.165, 1.54) is 42.5 Å². The zero-order chi connectivity index (χ0) is 94.5. The number of nitrogens with one attached hydrogen (secondary N) is 3. The number of rotatable bonds is 25. The van der Waals surface area contributed by atoms with Crippen molar-refractivity contribution < 1.29 is 126 Å². The smallest absolute Gasteiger partial charge is 0.480 e. The van der Waals surface area contributed by atoms with E-state index in [9.17, 15) is 78.3 Å². The number of ether oxygens (including phenoxy) is 8. The molecule has 128 heavy (non-hydrogen) atoms. The molecule has 3 amide bonds. The highest BCUT2D eigenvalue weighted by molar-refractivity contribution is 9.10. The molecular weight excluding hydrogens is 1870 g/mol. The highest BCUT2D eigenvalue weighted by Crippen LogP contribution is 2.21. The summed E-state index contributed by atoms with van der Waals surface area (Å²) in [6, 6.07) is 46.8. The molecule has 0 aliphatic rings. The summed E-state index contributed by atoms with van der Waals surface area (Å²) >= 11 is 6.62. The molecule has 0 aliphatic carbocycles. The lowest BCUT2D eigenvalue weighted by molar-refractivity contribution is -0.148. The number of esters is 2. The molecule has 0 unspecified atom stereocenters. The van der Waals surface area contributed by atoms with Crippen molar-refractivity contribution in [1.29, 1.82) is 0 Å². The molecule has 712 valence electrons. The number of nitrogens with two attached hydrogens (primary N) is 2. The van der Waals surface area contributed by atoms with Gasteiger partial charge in [0.1, 0.15) is 71.4 Å². The van der Waals surface area contributed by atoms with Gasteiger partial charge in [0.05, 0.1) is 14.7 Å². The van der Waals surface area contributed by atoms with Crippen LogP contribution in [-0.4, -0.2) is 178 Å². The lowest BCUT2D eigenvalue weighted by Gasteiger charge is -2.23. The second-order valence-corrected chi connectivity index (χ2v) is 40.5. The molecule has 7 rings (SSSR count). The fourth-order valence-electron chi connectivity index (χ4n) is 9.64. The molecule has 38 heteroatoms. The molecule has 0 fully saturated rings. The second kappa shape index (κ2) is 56.0. The Morgan fingerprint density at radius 3 is 0.867 bits per heavy atom. The van der Waals surface area contributed by atoms with Crippen LogP contribution >= 0.6 is 44.3 Å². The topological polar surface area (TPSA) is 496 Å². The fourth-order valence-corrected chi connectivity index (χ4v) is 12.6. The minimum atomic E-state index is -3.40. The number of halogens is 3. The molecule has 0 saturated heterocycles. The summed E-state index contributed by atoms with van der Waals surface area (Å²) in [6.45, 7) is 25.5. The molecule has 7 aromatic carbocycles. The van der Waals surface area contributed by atoms with E-state index >= 15 is 0 Å². The number of alkyl carbamates (subject to hydrolysis) is 3. The standard InChI is InChI=1S/C22H27NO6S.C17H19NO4S.C15H21NO6S.C14H18BrNO4.C10H18O5.C9H10BrNO2.3CH4.ClH/c1-22(2,3)29-21(25)23-19(20(24)28-15-16-9-6-5-7-10-16)14-17-11-8-12-18(13-17)30(4,26)27;1-23(20,21)15-9-5-8-14(10-15)11-16(18)17(19)22-12-13-6-3-2-4-7-13;1-15(2,3)22-14(19)16-12(13(17)18)9-10-6-5-7-11(8-10)23(4,20)21;1-14(2,3)20-13(19)16-11(12(17)18)8-9-5-4-6-10(15)7-9;1-9(2,3)14-7(11)13-8(12)15-10(4,5)6;10-7-3-1-2-6(4-7)5-8(11)9(12)13;;;;/h5-13,19H,14-15H2,1-4H3,(H,23,25);2-10,16H,11-12,18H2,1H3;5-8,12H,9H2,1-4H3,(H,16,19)(H,17,18);4-7,11H,8H2,1-3H3,(H,16,19)(H,17,18);1-6H3;1-4,8H,5,11H2,(H,12,13);3*1H4;1H/t19-;16-;12-;11-;;8-;;;;/m0000.0..../s1. The van der Waals surface area contributed by atoms with E-state index in [0.717, 1.165) is 50.0 Å². The summed E-state index contributed by atoms with van der Waals surface area (Å²) in [5, 5.41) is 34.1. The molecule has 0 heterocycles. The Hall–Kier alpha value is -10.5. The molecule has 0 radical (unpaired) electrons. The van der Waals surface area contributed by atoms with Crippen LogP contribution < -0.4 is 27.4 Å². The largest absolute Gasteiger partial charge is 0.519 e. The van der Waals surface area contributed by atoms with E-state index in [1.807, 2.05) is 103 Å². The summed E-state index contributed by atoms with van der Waals surface area (Å²) in [4.78, 5) is 116. The van der Waals surface area contributed by atoms with Gasteiger partial charge in [0.15, 0.2) is 29.5 Å². The average molecular weight is 2000 g/mol. The van der Waals surface area contributed by atoms with Crippen molar-refractivity contribution in [3.8, 4) is 0 Å². The van der Waals surface area contributed by atoms with Crippen molar-refractivity contribution in [2.75, 3.05) is 18.8 Å². The molecule has 0 aromatic heterocycles. The van der Waals surface area contributed by atoms with Crippen LogP contribution in [-0.2, 0) is 137 Å². The summed E-state index contributed by atoms with van der Waals surface area (Å²) in [6.07, 6.45) is -0.383. The molecular formula is C90H126Br2ClN5O27S3. The molecule has 32 nitrogen and oxygen atoms in total. The number of aliphatic carboxylic acids is 3. The zero-order valence-electron chi connectivity index (χ0n) is 72.8. The number of benzene rings is 7. The number of amides is 3. The van der Waals surface area contributed by atoms with Crippen LogP contribution in [0.15, 0.2) is 206 Å². The number of sulfone groups is 3. The third kappa shape index (κ3) is 55.9. The third-order valence-corrected chi connectivity index (χ3v) is 19.3. The Labute approximate surface area is 775 Å². The van der Waals surface area contributed by atoms with Gasteiger partial charge in [-0.25, -0.2) is 63.6 Å².